The van der Waals surface area contributed by atoms with E-state index in [2.05, 4.69) is 4.98 Å². The first-order valence-corrected chi connectivity index (χ1v) is 6.11. The molecular weight excluding hydrogens is 234 g/mol. The summed E-state index contributed by atoms with van der Waals surface area (Å²) in [7, 11) is 0. The van der Waals surface area contributed by atoms with E-state index in [1.807, 2.05) is 18.2 Å². The summed E-state index contributed by atoms with van der Waals surface area (Å²) in [5.74, 6) is -0.883. The lowest BCUT2D eigenvalue weighted by Gasteiger charge is -2.11. The lowest BCUT2D eigenvalue weighted by molar-refractivity contribution is -0.150. The normalized spacial score (nSPS) is 23.1. The highest BCUT2D eigenvalue weighted by molar-refractivity contribution is 5.72. The van der Waals surface area contributed by atoms with Crippen LogP contribution in [-0.2, 0) is 20.7 Å². The Hall–Kier alpha value is -1.46. The van der Waals surface area contributed by atoms with E-state index < -0.39 is 12.1 Å². The largest absolute Gasteiger partial charge is 0.479 e. The van der Waals surface area contributed by atoms with Crippen molar-refractivity contribution < 1.29 is 19.4 Å². The summed E-state index contributed by atoms with van der Waals surface area (Å²) in [5, 5.41) is 8.78. The minimum Gasteiger partial charge on any atom is -0.479 e. The van der Waals surface area contributed by atoms with Crippen LogP contribution in [0.5, 0.6) is 0 Å². The van der Waals surface area contributed by atoms with Crippen LogP contribution in [0.2, 0.25) is 0 Å². The van der Waals surface area contributed by atoms with Gasteiger partial charge in [-0.25, -0.2) is 4.79 Å². The second-order valence-corrected chi connectivity index (χ2v) is 4.31. The number of carboxylic acids is 1. The molecule has 2 rings (SSSR count). The molecule has 2 atom stereocenters. The van der Waals surface area contributed by atoms with E-state index in [-0.39, 0.29) is 6.10 Å². The van der Waals surface area contributed by atoms with Crippen molar-refractivity contribution in [3.63, 3.8) is 0 Å². The standard InChI is InChI=1S/C13H17NO4/c15-13(16)12-5-4-11(18-12)9-17-8-6-10-3-1-2-7-14-10/h1-3,7,11-12H,4-6,8-9H2,(H,15,16). The number of aromatic nitrogens is 1. The fourth-order valence-electron chi connectivity index (χ4n) is 1.95. The van der Waals surface area contributed by atoms with Crippen LogP contribution in [-0.4, -0.2) is 41.5 Å². The van der Waals surface area contributed by atoms with Crippen molar-refractivity contribution in [2.75, 3.05) is 13.2 Å². The lowest BCUT2D eigenvalue weighted by Crippen LogP contribution is -2.23. The minimum atomic E-state index is -0.883. The molecule has 1 aliphatic heterocycles. The van der Waals surface area contributed by atoms with Crippen molar-refractivity contribution in [3.8, 4) is 0 Å². The first-order valence-electron chi connectivity index (χ1n) is 6.11. The van der Waals surface area contributed by atoms with E-state index in [1.54, 1.807) is 6.20 Å². The summed E-state index contributed by atoms with van der Waals surface area (Å²) in [6, 6.07) is 5.78. The molecule has 5 nitrogen and oxygen atoms in total. The Morgan fingerprint density at radius 2 is 2.39 bits per heavy atom. The van der Waals surface area contributed by atoms with Crippen LogP contribution in [0.25, 0.3) is 0 Å². The van der Waals surface area contributed by atoms with Gasteiger partial charge < -0.3 is 14.6 Å². The van der Waals surface area contributed by atoms with Crippen LogP contribution >= 0.6 is 0 Å². The molecule has 1 aliphatic rings. The first-order chi connectivity index (χ1) is 8.75. The molecular formula is C13H17NO4. The maximum absolute atomic E-state index is 10.7. The average Bonchev–Trinajstić information content (AvgIpc) is 2.85. The Kier molecular flexibility index (Phi) is 4.66. The van der Waals surface area contributed by atoms with Crippen LogP contribution in [0.1, 0.15) is 18.5 Å². The molecule has 2 unspecified atom stereocenters. The Balaban J connectivity index is 1.61. The molecule has 5 heteroatoms. The van der Waals surface area contributed by atoms with Crippen molar-refractivity contribution in [1.82, 2.24) is 4.98 Å². The van der Waals surface area contributed by atoms with E-state index in [9.17, 15) is 4.79 Å². The van der Waals surface area contributed by atoms with Crippen LogP contribution in [0.4, 0.5) is 0 Å². The third-order valence-electron chi connectivity index (χ3n) is 2.92. The SMILES string of the molecule is O=C(O)C1CCC(COCCc2ccccn2)O1. The number of carboxylic acid groups (broad SMARTS) is 1. The number of ether oxygens (including phenoxy) is 2. The van der Waals surface area contributed by atoms with Crippen molar-refractivity contribution in [2.24, 2.45) is 0 Å². The van der Waals surface area contributed by atoms with Gasteiger partial charge in [0.05, 0.1) is 19.3 Å². The highest BCUT2D eigenvalue weighted by Crippen LogP contribution is 2.19. The molecule has 0 aromatic carbocycles. The molecule has 0 saturated carbocycles. The van der Waals surface area contributed by atoms with Gasteiger partial charge in [0.25, 0.3) is 0 Å². The molecule has 18 heavy (non-hydrogen) atoms. The summed E-state index contributed by atoms with van der Waals surface area (Å²) < 4.78 is 10.8. The van der Waals surface area contributed by atoms with Crippen molar-refractivity contribution in [1.29, 1.82) is 0 Å². The quantitative estimate of drug-likeness (QED) is 0.771. The second-order valence-electron chi connectivity index (χ2n) is 4.31. The van der Waals surface area contributed by atoms with Gasteiger partial charge in [-0.3, -0.25) is 4.98 Å². The summed E-state index contributed by atoms with van der Waals surface area (Å²) >= 11 is 0. The summed E-state index contributed by atoms with van der Waals surface area (Å²) in [4.78, 5) is 14.9. The molecule has 1 N–H and O–H groups in total. The third kappa shape index (κ3) is 3.78. The van der Waals surface area contributed by atoms with Gasteiger partial charge in [0.1, 0.15) is 0 Å². The van der Waals surface area contributed by atoms with Gasteiger partial charge in [0.2, 0.25) is 0 Å². The van der Waals surface area contributed by atoms with Gasteiger partial charge in [-0.15, -0.1) is 0 Å². The van der Waals surface area contributed by atoms with Crippen LogP contribution in [0.15, 0.2) is 24.4 Å². The topological polar surface area (TPSA) is 68.7 Å². The fraction of sp³-hybridized carbons (Fsp3) is 0.538. The van der Waals surface area contributed by atoms with E-state index in [4.69, 9.17) is 14.6 Å². The van der Waals surface area contributed by atoms with Crippen molar-refractivity contribution in [3.05, 3.63) is 30.1 Å². The molecule has 1 aromatic rings. The Morgan fingerprint density at radius 1 is 1.50 bits per heavy atom. The number of hydrogen-bond acceptors (Lipinski definition) is 4. The van der Waals surface area contributed by atoms with E-state index >= 15 is 0 Å². The van der Waals surface area contributed by atoms with Gasteiger partial charge in [0.15, 0.2) is 6.10 Å². The number of nitrogens with zero attached hydrogens (tertiary/aromatic N) is 1. The summed E-state index contributed by atoms with van der Waals surface area (Å²) in [6.07, 6.45) is 3.09. The maximum atomic E-state index is 10.7. The fourth-order valence-corrected chi connectivity index (χ4v) is 1.95. The lowest BCUT2D eigenvalue weighted by atomic mass is 10.2. The highest BCUT2D eigenvalue weighted by Gasteiger charge is 2.30. The number of carbonyl (C=O) groups is 1. The van der Waals surface area contributed by atoms with E-state index in [0.29, 0.717) is 19.6 Å². The van der Waals surface area contributed by atoms with Gasteiger partial charge in [-0.05, 0) is 25.0 Å². The zero-order chi connectivity index (χ0) is 12.8. The van der Waals surface area contributed by atoms with Crippen molar-refractivity contribution >= 4 is 5.97 Å². The molecule has 0 spiro atoms. The molecule has 0 bridgehead atoms. The average molecular weight is 251 g/mol. The Labute approximate surface area is 106 Å². The van der Waals surface area contributed by atoms with Crippen LogP contribution in [0.3, 0.4) is 0 Å². The number of rotatable bonds is 6. The predicted molar refractivity (Wildman–Crippen MR) is 64.3 cm³/mol. The second kappa shape index (κ2) is 6.47. The van der Waals surface area contributed by atoms with Gasteiger partial charge in [-0.2, -0.15) is 0 Å². The van der Waals surface area contributed by atoms with E-state index in [1.165, 1.54) is 0 Å². The molecule has 1 fully saturated rings. The molecule has 0 radical (unpaired) electrons. The molecule has 2 heterocycles. The zero-order valence-corrected chi connectivity index (χ0v) is 10.1. The summed E-state index contributed by atoms with van der Waals surface area (Å²) in [6.45, 7) is 1.03. The van der Waals surface area contributed by atoms with Gasteiger partial charge in [-0.1, -0.05) is 6.07 Å². The van der Waals surface area contributed by atoms with Gasteiger partial charge >= 0.3 is 5.97 Å². The minimum absolute atomic E-state index is 0.0881. The number of aliphatic carboxylic acids is 1. The number of hydrogen-bond donors (Lipinski definition) is 1. The molecule has 1 aromatic heterocycles. The summed E-state index contributed by atoms with van der Waals surface area (Å²) in [5.41, 5.74) is 0.994. The monoisotopic (exact) mass is 251 g/mol. The molecule has 1 saturated heterocycles. The highest BCUT2D eigenvalue weighted by atomic mass is 16.6. The Morgan fingerprint density at radius 3 is 3.06 bits per heavy atom. The predicted octanol–water partition coefficient (Wildman–Crippen LogP) is 1.27. The number of pyridine rings is 1. The Bertz CT molecular complexity index is 382. The maximum Gasteiger partial charge on any atom is 0.332 e. The van der Waals surface area contributed by atoms with Gasteiger partial charge in [0, 0.05) is 18.3 Å². The zero-order valence-electron chi connectivity index (χ0n) is 10.1. The smallest absolute Gasteiger partial charge is 0.332 e. The van der Waals surface area contributed by atoms with Crippen LogP contribution < -0.4 is 0 Å². The molecule has 0 amide bonds. The molecule has 98 valence electrons. The van der Waals surface area contributed by atoms with E-state index in [0.717, 1.165) is 18.5 Å². The molecule has 0 aliphatic carbocycles. The first kappa shape index (κ1) is 13.0. The van der Waals surface area contributed by atoms with Crippen LogP contribution in [0, 0.1) is 0 Å². The third-order valence-corrected chi connectivity index (χ3v) is 2.92. The van der Waals surface area contributed by atoms with Crippen molar-refractivity contribution in [2.45, 2.75) is 31.5 Å².